The number of benzene rings is 1. The smallest absolute Gasteiger partial charge is 0.339 e. The van der Waals surface area contributed by atoms with Crippen molar-refractivity contribution in [3.8, 4) is 5.75 Å². The molecule has 18 heavy (non-hydrogen) atoms. The summed E-state index contributed by atoms with van der Waals surface area (Å²) >= 11 is 6.13. The Morgan fingerprint density at radius 3 is 2.33 bits per heavy atom. The lowest BCUT2D eigenvalue weighted by molar-refractivity contribution is -0.150. The van der Waals surface area contributed by atoms with Crippen LogP contribution in [0.3, 0.4) is 0 Å². The number of hydrogen-bond donors (Lipinski definition) is 1. The van der Waals surface area contributed by atoms with E-state index in [2.05, 4.69) is 4.74 Å². The number of carbonyl (C=O) groups excluding carboxylic acids is 1. The van der Waals surface area contributed by atoms with Crippen molar-refractivity contribution in [2.24, 2.45) is 0 Å². The Kier molecular flexibility index (Phi) is 4.99. The fourth-order valence-electron chi connectivity index (χ4n) is 1.66. The van der Waals surface area contributed by atoms with Gasteiger partial charge in [0.1, 0.15) is 5.75 Å². The van der Waals surface area contributed by atoms with Gasteiger partial charge in [-0.3, -0.25) is 0 Å². The van der Waals surface area contributed by atoms with E-state index in [4.69, 9.17) is 16.3 Å². The average molecular weight is 273 g/mol. The topological polar surface area (TPSA) is 55.8 Å². The number of rotatable bonds is 4. The van der Waals surface area contributed by atoms with Gasteiger partial charge in [-0.05, 0) is 23.6 Å². The molecule has 4 nitrogen and oxygen atoms in total. The first-order valence-corrected chi connectivity index (χ1v) is 5.93. The lowest BCUT2D eigenvalue weighted by atomic mass is 9.98. The second-order valence-electron chi connectivity index (χ2n) is 4.20. The molecule has 0 heterocycles. The molecule has 0 aliphatic carbocycles. The van der Waals surface area contributed by atoms with Gasteiger partial charge in [0.05, 0.1) is 14.2 Å². The summed E-state index contributed by atoms with van der Waals surface area (Å²) in [7, 11) is 2.68. The van der Waals surface area contributed by atoms with E-state index in [0.29, 0.717) is 16.3 Å². The first-order valence-electron chi connectivity index (χ1n) is 5.55. The Morgan fingerprint density at radius 2 is 1.89 bits per heavy atom. The Hall–Kier alpha value is -1.26. The van der Waals surface area contributed by atoms with Gasteiger partial charge in [0, 0.05) is 10.6 Å². The molecule has 0 aliphatic rings. The molecule has 0 saturated heterocycles. The van der Waals surface area contributed by atoms with Crippen LogP contribution in [0.1, 0.15) is 37.0 Å². The largest absolute Gasteiger partial charge is 0.496 e. The fourth-order valence-corrected chi connectivity index (χ4v) is 2.05. The fraction of sp³-hybridized carbons (Fsp3) is 0.462. The van der Waals surface area contributed by atoms with Gasteiger partial charge >= 0.3 is 5.97 Å². The van der Waals surface area contributed by atoms with Crippen LogP contribution in [-0.2, 0) is 9.53 Å². The lowest BCUT2D eigenvalue weighted by Crippen LogP contribution is -2.14. The Labute approximate surface area is 111 Å². The molecule has 0 spiro atoms. The maximum Gasteiger partial charge on any atom is 0.339 e. The number of ether oxygens (including phenoxy) is 2. The number of aliphatic hydroxyl groups is 1. The quantitative estimate of drug-likeness (QED) is 0.856. The predicted molar refractivity (Wildman–Crippen MR) is 69.1 cm³/mol. The van der Waals surface area contributed by atoms with Crippen LogP contribution < -0.4 is 4.74 Å². The summed E-state index contributed by atoms with van der Waals surface area (Å²) in [5, 5.41) is 10.3. The maximum absolute atomic E-state index is 11.3. The summed E-state index contributed by atoms with van der Waals surface area (Å²) in [4.78, 5) is 11.3. The summed E-state index contributed by atoms with van der Waals surface area (Å²) < 4.78 is 9.68. The van der Waals surface area contributed by atoms with Crippen LogP contribution in [0.4, 0.5) is 0 Å². The summed E-state index contributed by atoms with van der Waals surface area (Å²) in [6.45, 7) is 3.99. The molecule has 0 radical (unpaired) electrons. The van der Waals surface area contributed by atoms with Crippen molar-refractivity contribution in [2.45, 2.75) is 25.9 Å². The Balaban J connectivity index is 3.28. The van der Waals surface area contributed by atoms with Crippen LogP contribution in [0, 0.1) is 0 Å². The zero-order valence-electron chi connectivity index (χ0n) is 10.9. The van der Waals surface area contributed by atoms with Crippen molar-refractivity contribution < 1.29 is 19.4 Å². The van der Waals surface area contributed by atoms with Crippen molar-refractivity contribution in [1.82, 2.24) is 0 Å². The van der Waals surface area contributed by atoms with Gasteiger partial charge in [-0.15, -0.1) is 0 Å². The highest BCUT2D eigenvalue weighted by molar-refractivity contribution is 6.31. The van der Waals surface area contributed by atoms with E-state index in [1.54, 1.807) is 6.07 Å². The molecule has 0 saturated carbocycles. The van der Waals surface area contributed by atoms with E-state index in [1.165, 1.54) is 20.3 Å². The number of halogens is 1. The van der Waals surface area contributed by atoms with Crippen LogP contribution in [0.25, 0.3) is 0 Å². The van der Waals surface area contributed by atoms with Crippen LogP contribution in [0.5, 0.6) is 5.75 Å². The zero-order chi connectivity index (χ0) is 13.9. The van der Waals surface area contributed by atoms with E-state index in [0.717, 1.165) is 5.56 Å². The predicted octanol–water partition coefficient (Wildman–Crippen LogP) is 2.68. The molecule has 5 heteroatoms. The molecule has 1 rings (SSSR count). The van der Waals surface area contributed by atoms with Crippen molar-refractivity contribution >= 4 is 17.6 Å². The number of carbonyl (C=O) groups is 1. The second kappa shape index (κ2) is 6.07. The number of aliphatic hydroxyl groups excluding tert-OH is 1. The van der Waals surface area contributed by atoms with Crippen LogP contribution in [0.2, 0.25) is 5.02 Å². The normalized spacial score (nSPS) is 12.4. The number of esters is 1. The maximum atomic E-state index is 11.3. The van der Waals surface area contributed by atoms with Gasteiger partial charge in [0.15, 0.2) is 6.10 Å². The Bertz CT molecular complexity index is 443. The molecule has 1 aromatic carbocycles. The minimum absolute atomic E-state index is 0.218. The second-order valence-corrected chi connectivity index (χ2v) is 4.60. The van der Waals surface area contributed by atoms with E-state index < -0.39 is 12.1 Å². The SMILES string of the molecule is COC(=O)C(O)c1cc(Cl)c(C(C)C)cc1OC. The number of hydrogen-bond acceptors (Lipinski definition) is 4. The molecule has 100 valence electrons. The molecule has 0 fully saturated rings. The first kappa shape index (κ1) is 14.8. The molecule has 1 N–H and O–H groups in total. The van der Waals surface area contributed by atoms with Gasteiger partial charge in [0.2, 0.25) is 0 Å². The summed E-state index contributed by atoms with van der Waals surface area (Å²) in [6.07, 6.45) is -1.40. The van der Waals surface area contributed by atoms with Gasteiger partial charge in [-0.25, -0.2) is 4.79 Å². The molecule has 1 unspecified atom stereocenters. The highest BCUT2D eigenvalue weighted by Gasteiger charge is 2.24. The van der Waals surface area contributed by atoms with E-state index in [-0.39, 0.29) is 5.92 Å². The van der Waals surface area contributed by atoms with E-state index >= 15 is 0 Å². The van der Waals surface area contributed by atoms with E-state index in [9.17, 15) is 9.90 Å². The summed E-state index contributed by atoms with van der Waals surface area (Å²) in [5.41, 5.74) is 1.20. The minimum atomic E-state index is -1.40. The third-order valence-electron chi connectivity index (χ3n) is 2.69. The van der Waals surface area contributed by atoms with Gasteiger partial charge < -0.3 is 14.6 Å². The molecule has 1 atom stereocenters. The van der Waals surface area contributed by atoms with Gasteiger partial charge in [-0.1, -0.05) is 25.4 Å². The van der Waals surface area contributed by atoms with Crippen molar-refractivity contribution in [2.75, 3.05) is 14.2 Å². The molecular formula is C13H17ClO4. The summed E-state index contributed by atoms with van der Waals surface area (Å²) in [5.74, 6) is -0.113. The molecule has 0 aromatic heterocycles. The highest BCUT2D eigenvalue weighted by Crippen LogP contribution is 2.35. The zero-order valence-corrected chi connectivity index (χ0v) is 11.6. The first-order chi connectivity index (χ1) is 8.42. The van der Waals surface area contributed by atoms with Crippen LogP contribution in [-0.4, -0.2) is 25.3 Å². The van der Waals surface area contributed by atoms with Crippen molar-refractivity contribution in [3.05, 3.63) is 28.3 Å². The molecule has 0 aliphatic heterocycles. The third kappa shape index (κ3) is 2.94. The molecule has 0 bridgehead atoms. The monoisotopic (exact) mass is 272 g/mol. The molecular weight excluding hydrogens is 256 g/mol. The molecule has 1 aromatic rings. The Morgan fingerprint density at radius 1 is 1.28 bits per heavy atom. The van der Waals surface area contributed by atoms with Gasteiger partial charge in [0.25, 0.3) is 0 Å². The average Bonchev–Trinajstić information content (AvgIpc) is 2.36. The third-order valence-corrected chi connectivity index (χ3v) is 3.02. The van der Waals surface area contributed by atoms with Gasteiger partial charge in [-0.2, -0.15) is 0 Å². The van der Waals surface area contributed by atoms with Crippen LogP contribution >= 0.6 is 11.6 Å². The van der Waals surface area contributed by atoms with Crippen LogP contribution in [0.15, 0.2) is 12.1 Å². The minimum Gasteiger partial charge on any atom is -0.496 e. The number of methoxy groups -OCH3 is 2. The summed E-state index contributed by atoms with van der Waals surface area (Å²) in [6, 6.07) is 3.27. The highest BCUT2D eigenvalue weighted by atomic mass is 35.5. The van der Waals surface area contributed by atoms with Crippen molar-refractivity contribution in [1.29, 1.82) is 0 Å². The lowest BCUT2D eigenvalue weighted by Gasteiger charge is -2.17. The standard InChI is InChI=1S/C13H17ClO4/c1-7(2)8-6-11(17-3)9(5-10(8)14)12(15)13(16)18-4/h5-7,12,15H,1-4H3. The van der Waals surface area contributed by atoms with Crippen molar-refractivity contribution in [3.63, 3.8) is 0 Å². The van der Waals surface area contributed by atoms with E-state index in [1.807, 2.05) is 13.8 Å². The molecule has 0 amide bonds.